The van der Waals surface area contributed by atoms with Crippen LogP contribution in [0.5, 0.6) is 0 Å². The van der Waals surface area contributed by atoms with Crippen molar-refractivity contribution in [2.45, 2.75) is 0 Å². The number of halogens is 4. The minimum atomic E-state index is 0. The minimum Gasteiger partial charge on any atom is -1.00 e. The van der Waals surface area contributed by atoms with Crippen molar-refractivity contribution in [1.29, 1.82) is 0 Å². The summed E-state index contributed by atoms with van der Waals surface area (Å²) in [5.41, 5.74) is 0. The van der Waals surface area contributed by atoms with Crippen molar-refractivity contribution in [1.82, 2.24) is 0 Å². The van der Waals surface area contributed by atoms with Crippen molar-refractivity contribution in [3.8, 4) is 0 Å². The molecule has 8 heteroatoms. The first-order chi connectivity index (χ1) is 0. The van der Waals surface area contributed by atoms with Crippen LogP contribution in [0.3, 0.4) is 0 Å². The van der Waals surface area contributed by atoms with Gasteiger partial charge >= 0.3 is 98.5 Å². The molecule has 43 valence electrons. The molecule has 0 nitrogen and oxygen atoms in total. The van der Waals surface area contributed by atoms with E-state index in [9.17, 15) is 0 Å². The summed E-state index contributed by atoms with van der Waals surface area (Å²) in [6.45, 7) is 0. The normalized spacial score (nSPS) is 0. The van der Waals surface area contributed by atoms with Gasteiger partial charge in [0, 0.05) is 65.8 Å². The summed E-state index contributed by atoms with van der Waals surface area (Å²) in [7, 11) is 0. The van der Waals surface area contributed by atoms with Crippen molar-refractivity contribution in [2.75, 3.05) is 0 Å². The Balaban J connectivity index is 0. The standard InChI is InChI=1S/Cs.4HI.Na.Sc.Th.2H/h;4*1H;;;;;/q+1;;;;;+1;;;2*-1. The zero-order valence-electron chi connectivity index (χ0n) is 6.71. The molecule has 0 saturated heterocycles. The maximum atomic E-state index is 0. The fourth-order valence-corrected chi connectivity index (χ4v) is 0. The van der Waals surface area contributed by atoms with Gasteiger partial charge in [0.15, 0.2) is 0 Å². The Morgan fingerprint density at radius 2 is 0.750 bits per heavy atom. The van der Waals surface area contributed by atoms with Crippen LogP contribution in [-0.4, -0.2) is 0 Å². The van der Waals surface area contributed by atoms with Crippen molar-refractivity contribution in [3.63, 3.8) is 0 Å². The SMILES string of the molecule is I.I.I.I.[Cs+].[H-].[H-].[Na+].[Sc].[Th]. The molecule has 0 bridgehead atoms. The van der Waals surface area contributed by atoms with Crippen LogP contribution in [0.25, 0.3) is 0 Å². The van der Waals surface area contributed by atoms with Crippen LogP contribution < -0.4 is 98.5 Å². The van der Waals surface area contributed by atoms with Gasteiger partial charge in [-0.15, -0.1) is 95.9 Å². The number of hydrogen-bond donors (Lipinski definition) is 0. The summed E-state index contributed by atoms with van der Waals surface area (Å²) in [5.74, 6) is 0. The summed E-state index contributed by atoms with van der Waals surface area (Å²) in [6.07, 6.45) is 0. The van der Waals surface area contributed by atoms with E-state index in [0.717, 1.165) is 0 Å². The fourth-order valence-electron chi connectivity index (χ4n) is 0. The van der Waals surface area contributed by atoms with Crippen LogP contribution in [0, 0.1) is 39.9 Å². The Hall–Kier alpha value is 8.17. The molecule has 0 N–H and O–H groups in total. The van der Waals surface area contributed by atoms with Gasteiger partial charge in [-0.05, 0) is 0 Å². The van der Waals surface area contributed by atoms with E-state index in [-0.39, 0.29) is 263 Å². The molecule has 0 aliphatic heterocycles. The average molecular weight is 947 g/mol. The molecule has 0 unspecified atom stereocenters. The molecule has 0 aromatic rings. The molecule has 0 aliphatic carbocycles. The molecule has 1 radical (unpaired) electrons. The van der Waals surface area contributed by atoms with E-state index in [0.29, 0.717) is 0 Å². The first kappa shape index (κ1) is 55.8. The summed E-state index contributed by atoms with van der Waals surface area (Å²) in [6, 6.07) is 0. The second-order valence-corrected chi connectivity index (χ2v) is 0. The van der Waals surface area contributed by atoms with Crippen molar-refractivity contribution in [3.05, 3.63) is 0 Å². The van der Waals surface area contributed by atoms with Crippen molar-refractivity contribution < 1.29 is 167 Å². The van der Waals surface area contributed by atoms with E-state index < -0.39 is 0 Å². The Labute approximate surface area is 254 Å². The third-order valence-corrected chi connectivity index (χ3v) is 0. The Morgan fingerprint density at radius 1 is 0.750 bits per heavy atom. The molecule has 0 aromatic carbocycles. The van der Waals surface area contributed by atoms with Crippen LogP contribution in [0.4, 0.5) is 0 Å². The van der Waals surface area contributed by atoms with E-state index in [2.05, 4.69) is 0 Å². The van der Waals surface area contributed by atoms with Gasteiger partial charge < -0.3 is 2.85 Å². The van der Waals surface area contributed by atoms with E-state index in [1.165, 1.54) is 0 Å². The maximum Gasteiger partial charge on any atom is 1.00 e. The summed E-state index contributed by atoms with van der Waals surface area (Å²) in [5, 5.41) is 0. The van der Waals surface area contributed by atoms with E-state index in [1.807, 2.05) is 0 Å². The molecule has 0 aromatic heterocycles. The molecule has 0 amide bonds. The average Bonchev–Trinajstić information content (AvgIpc) is 0. The predicted molar refractivity (Wildman–Crippen MR) is 63.9 cm³/mol. The fraction of sp³-hybridized carbons (Fsp3) is 0. The summed E-state index contributed by atoms with van der Waals surface area (Å²) >= 11 is 0. The number of rotatable bonds is 0. The predicted octanol–water partition coefficient (Wildman–Crippen LogP) is -3.30. The van der Waals surface area contributed by atoms with Crippen LogP contribution >= 0.6 is 95.9 Å². The first-order valence-corrected chi connectivity index (χ1v) is 0. The summed E-state index contributed by atoms with van der Waals surface area (Å²) < 4.78 is 0. The van der Waals surface area contributed by atoms with Crippen LogP contribution in [0.1, 0.15) is 2.85 Å². The summed E-state index contributed by atoms with van der Waals surface area (Å²) in [4.78, 5) is 0. The molecule has 0 saturated carbocycles. The molecular formula is H6CsI4NaScTh. The zero-order chi connectivity index (χ0) is 0. The molecule has 0 fully saturated rings. The van der Waals surface area contributed by atoms with Crippen LogP contribution in [-0.2, 0) is 25.8 Å². The largest absolute Gasteiger partial charge is 1.00 e. The van der Waals surface area contributed by atoms with Gasteiger partial charge in [0.25, 0.3) is 0 Å². The quantitative estimate of drug-likeness (QED) is 0.177. The third-order valence-electron chi connectivity index (χ3n) is 0. The van der Waals surface area contributed by atoms with Gasteiger partial charge in [-0.2, -0.15) is 0 Å². The number of hydrogen-bond acceptors (Lipinski definition) is 0. The molecule has 8 heavy (non-hydrogen) atoms. The van der Waals surface area contributed by atoms with Crippen molar-refractivity contribution >= 4 is 95.9 Å². The molecule has 0 aliphatic rings. The first-order valence-electron chi connectivity index (χ1n) is 0. The van der Waals surface area contributed by atoms with Crippen LogP contribution in [0.15, 0.2) is 0 Å². The molecular weight excluding hydrogens is 941 g/mol. The van der Waals surface area contributed by atoms with Crippen LogP contribution in [0.2, 0.25) is 0 Å². The van der Waals surface area contributed by atoms with E-state index in [4.69, 9.17) is 0 Å². The topological polar surface area (TPSA) is 0 Å². The van der Waals surface area contributed by atoms with Gasteiger partial charge in [0.2, 0.25) is 0 Å². The van der Waals surface area contributed by atoms with E-state index >= 15 is 0 Å². The van der Waals surface area contributed by atoms with Gasteiger partial charge in [-0.3, -0.25) is 0 Å². The molecule has 0 spiro atoms. The Morgan fingerprint density at radius 3 is 0.750 bits per heavy atom. The minimum absolute atomic E-state index is 0. The monoisotopic (exact) mass is 947 g/mol. The molecule has 0 rings (SSSR count). The van der Waals surface area contributed by atoms with Gasteiger partial charge in [0.1, 0.15) is 0 Å². The second kappa shape index (κ2) is 45.6. The zero-order valence-corrected chi connectivity index (χ0v) is 28.2. The Kier molecular flexibility index (Phi) is 318. The van der Waals surface area contributed by atoms with Gasteiger partial charge in [-0.1, -0.05) is 0 Å². The van der Waals surface area contributed by atoms with Gasteiger partial charge in [-0.25, -0.2) is 0 Å². The third kappa shape index (κ3) is 36.8. The molecule has 0 heterocycles. The molecule has 0 atom stereocenters. The van der Waals surface area contributed by atoms with E-state index in [1.54, 1.807) is 0 Å². The van der Waals surface area contributed by atoms with Gasteiger partial charge in [0.05, 0.1) is 0 Å². The maximum absolute atomic E-state index is 0. The second-order valence-electron chi connectivity index (χ2n) is 0. The Bertz CT molecular complexity index is 23.2. The smallest absolute Gasteiger partial charge is 1.00 e. The van der Waals surface area contributed by atoms with Crippen molar-refractivity contribution in [2.24, 2.45) is 0 Å².